The first kappa shape index (κ1) is 26.4. The lowest BCUT2D eigenvalue weighted by Gasteiger charge is -2.34. The lowest BCUT2D eigenvalue weighted by atomic mass is 9.94. The molecule has 0 radical (unpaired) electrons. The Labute approximate surface area is 226 Å². The van der Waals surface area contributed by atoms with Crippen molar-refractivity contribution in [2.45, 2.75) is 43.5 Å². The molecule has 0 saturated carbocycles. The Hall–Kier alpha value is -3.21. The summed E-state index contributed by atoms with van der Waals surface area (Å²) in [5.41, 5.74) is 6.05. The Morgan fingerprint density at radius 1 is 1.16 bits per heavy atom. The van der Waals surface area contributed by atoms with Gasteiger partial charge < -0.3 is 15.4 Å². The fourth-order valence-corrected chi connectivity index (χ4v) is 7.39. The van der Waals surface area contributed by atoms with Gasteiger partial charge in [0, 0.05) is 40.7 Å². The Morgan fingerprint density at radius 3 is 2.63 bits per heavy atom. The van der Waals surface area contributed by atoms with Crippen LogP contribution in [0.5, 0.6) is 5.75 Å². The highest BCUT2D eigenvalue weighted by Crippen LogP contribution is 2.30. The Morgan fingerprint density at radius 2 is 1.92 bits per heavy atom. The zero-order valence-electron chi connectivity index (χ0n) is 21.5. The summed E-state index contributed by atoms with van der Waals surface area (Å²) >= 11 is 1.50. The molecular formula is C28H32N4O4S2. The van der Waals surface area contributed by atoms with Crippen LogP contribution in [0.2, 0.25) is 0 Å². The molecule has 0 bridgehead atoms. The van der Waals surface area contributed by atoms with Gasteiger partial charge in [-0.1, -0.05) is 25.5 Å². The maximum Gasteiger partial charge on any atom is 0.241 e. The van der Waals surface area contributed by atoms with Crippen molar-refractivity contribution in [2.24, 2.45) is 5.92 Å². The van der Waals surface area contributed by atoms with Crippen LogP contribution in [0.25, 0.3) is 20.9 Å². The number of sulfonamides is 1. The van der Waals surface area contributed by atoms with Crippen molar-refractivity contribution in [3.8, 4) is 5.75 Å². The third-order valence-corrected chi connectivity index (χ3v) is 9.95. The highest BCUT2D eigenvalue weighted by Gasteiger charge is 2.32. The molecule has 2 aromatic carbocycles. The minimum atomic E-state index is -4.00. The van der Waals surface area contributed by atoms with Crippen LogP contribution in [0.15, 0.2) is 59.6 Å². The minimum absolute atomic E-state index is 0.102. The molecule has 1 saturated heterocycles. The molecule has 3 N–H and O–H groups in total. The number of ether oxygens (including phenoxy) is 1. The van der Waals surface area contributed by atoms with Crippen molar-refractivity contribution < 1.29 is 17.9 Å². The number of piperidine rings is 1. The summed E-state index contributed by atoms with van der Waals surface area (Å²) in [7, 11) is -2.43. The lowest BCUT2D eigenvalue weighted by Crippen LogP contribution is -2.51. The Balaban J connectivity index is 1.45. The number of nitrogen functional groups attached to an aromatic ring is 1. The number of amides is 1. The zero-order chi connectivity index (χ0) is 26.9. The number of hydrogen-bond donors (Lipinski definition) is 2. The highest BCUT2D eigenvalue weighted by atomic mass is 32.2. The number of thiophene rings is 1. The molecule has 2 aromatic heterocycles. The van der Waals surface area contributed by atoms with Crippen LogP contribution in [0.4, 0.5) is 5.82 Å². The summed E-state index contributed by atoms with van der Waals surface area (Å²) in [6, 6.07) is 13.3. The predicted octanol–water partition coefficient (Wildman–Crippen LogP) is 4.58. The average Bonchev–Trinajstić information content (AvgIpc) is 3.35. The van der Waals surface area contributed by atoms with Gasteiger partial charge in [-0.05, 0) is 65.9 Å². The average molecular weight is 553 g/mol. The first-order chi connectivity index (χ1) is 18.3. The van der Waals surface area contributed by atoms with E-state index in [1.165, 1.54) is 11.3 Å². The van der Waals surface area contributed by atoms with E-state index in [0.29, 0.717) is 30.6 Å². The molecule has 1 unspecified atom stereocenters. The molecule has 10 heteroatoms. The quantitative estimate of drug-likeness (QED) is 0.331. The van der Waals surface area contributed by atoms with Gasteiger partial charge in [-0.3, -0.25) is 4.79 Å². The Kier molecular flexibility index (Phi) is 7.56. The van der Waals surface area contributed by atoms with Crippen molar-refractivity contribution in [2.75, 3.05) is 25.9 Å². The van der Waals surface area contributed by atoms with Crippen molar-refractivity contribution in [1.82, 2.24) is 14.6 Å². The van der Waals surface area contributed by atoms with Crippen LogP contribution in [0.1, 0.15) is 31.1 Å². The van der Waals surface area contributed by atoms with Crippen LogP contribution in [-0.4, -0.2) is 50.5 Å². The number of nitrogens with one attached hydrogen (secondary N) is 1. The second-order valence-corrected chi connectivity index (χ2v) is 12.6. The van der Waals surface area contributed by atoms with Gasteiger partial charge in [-0.2, -0.15) is 4.72 Å². The van der Waals surface area contributed by atoms with Crippen LogP contribution < -0.4 is 15.2 Å². The summed E-state index contributed by atoms with van der Waals surface area (Å²) in [4.78, 5) is 20.7. The molecule has 1 fully saturated rings. The van der Waals surface area contributed by atoms with Gasteiger partial charge in [0.1, 0.15) is 17.6 Å². The number of anilines is 1. The number of pyridine rings is 1. The summed E-state index contributed by atoms with van der Waals surface area (Å²) in [5, 5.41) is 2.45. The predicted molar refractivity (Wildman–Crippen MR) is 152 cm³/mol. The molecule has 1 amide bonds. The number of likely N-dealkylation sites (tertiary alicyclic amines) is 1. The highest BCUT2D eigenvalue weighted by molar-refractivity contribution is 7.89. The fraction of sp³-hybridized carbons (Fsp3) is 0.357. The van der Waals surface area contributed by atoms with Gasteiger partial charge in [0.05, 0.1) is 12.0 Å². The first-order valence-corrected chi connectivity index (χ1v) is 15.1. The summed E-state index contributed by atoms with van der Waals surface area (Å²) in [6.07, 6.45) is 4.82. The zero-order valence-corrected chi connectivity index (χ0v) is 23.1. The standard InChI is InChI=1S/C28H32N4O4S2/c1-3-18-9-12-32(13-10-18)28(33)25(17-22-16-24-26(37-22)8-11-30-27(24)29)31-38(34,35)23-7-5-19-4-6-21(36-2)14-20(19)15-23/h4-8,11,14-16,18,25,31H,3,9-10,12-13,17H2,1-2H3,(H2,29,30). The molecule has 38 heavy (non-hydrogen) atoms. The Bertz CT molecular complexity index is 1580. The maximum absolute atomic E-state index is 13.7. The number of nitrogens with zero attached hydrogens (tertiary/aromatic N) is 2. The second-order valence-electron chi connectivity index (χ2n) is 9.75. The summed E-state index contributed by atoms with van der Waals surface area (Å²) in [6.45, 7) is 3.43. The van der Waals surface area contributed by atoms with Gasteiger partial charge >= 0.3 is 0 Å². The largest absolute Gasteiger partial charge is 0.497 e. The molecule has 1 atom stereocenters. The van der Waals surface area contributed by atoms with Crippen molar-refractivity contribution in [3.05, 3.63) is 59.6 Å². The number of methoxy groups -OCH3 is 1. The third kappa shape index (κ3) is 5.48. The maximum atomic E-state index is 13.7. The van der Waals surface area contributed by atoms with E-state index >= 15 is 0 Å². The van der Waals surface area contributed by atoms with E-state index in [0.717, 1.165) is 45.0 Å². The van der Waals surface area contributed by atoms with E-state index < -0.39 is 16.1 Å². The monoisotopic (exact) mass is 552 g/mol. The van der Waals surface area contributed by atoms with Gasteiger partial charge in [0.15, 0.2) is 0 Å². The molecule has 4 aromatic rings. The fourth-order valence-electron chi connectivity index (χ4n) is 5.05. The summed E-state index contributed by atoms with van der Waals surface area (Å²) < 4.78 is 36.2. The van der Waals surface area contributed by atoms with Gasteiger partial charge in [-0.15, -0.1) is 11.3 Å². The molecule has 3 heterocycles. The van der Waals surface area contributed by atoms with E-state index in [-0.39, 0.29) is 17.2 Å². The van der Waals surface area contributed by atoms with Gasteiger partial charge in [-0.25, -0.2) is 13.4 Å². The van der Waals surface area contributed by atoms with Crippen LogP contribution >= 0.6 is 11.3 Å². The topological polar surface area (TPSA) is 115 Å². The third-order valence-electron chi connectivity index (χ3n) is 7.36. The normalized spacial score (nSPS) is 15.7. The summed E-state index contributed by atoms with van der Waals surface area (Å²) in [5.74, 6) is 1.46. The molecule has 0 spiro atoms. The molecular weight excluding hydrogens is 520 g/mol. The van der Waals surface area contributed by atoms with E-state index in [4.69, 9.17) is 10.5 Å². The first-order valence-electron chi connectivity index (χ1n) is 12.8. The van der Waals surface area contributed by atoms with Crippen molar-refractivity contribution in [1.29, 1.82) is 0 Å². The van der Waals surface area contributed by atoms with E-state index in [1.807, 2.05) is 24.3 Å². The molecule has 1 aliphatic heterocycles. The second kappa shape index (κ2) is 10.9. The molecule has 200 valence electrons. The number of nitrogens with two attached hydrogens (primary N) is 1. The van der Waals surface area contributed by atoms with E-state index in [9.17, 15) is 13.2 Å². The minimum Gasteiger partial charge on any atom is -0.497 e. The smallest absolute Gasteiger partial charge is 0.241 e. The van der Waals surface area contributed by atoms with Crippen molar-refractivity contribution >= 4 is 53.9 Å². The van der Waals surface area contributed by atoms with Gasteiger partial charge in [0.2, 0.25) is 15.9 Å². The van der Waals surface area contributed by atoms with Crippen LogP contribution in [0, 0.1) is 5.92 Å². The number of aromatic nitrogens is 1. The van der Waals surface area contributed by atoms with Crippen LogP contribution in [0.3, 0.4) is 0 Å². The number of rotatable bonds is 8. The molecule has 8 nitrogen and oxygen atoms in total. The van der Waals surface area contributed by atoms with E-state index in [1.54, 1.807) is 42.5 Å². The van der Waals surface area contributed by atoms with Gasteiger partial charge in [0.25, 0.3) is 0 Å². The molecule has 0 aliphatic carbocycles. The molecule has 1 aliphatic rings. The van der Waals surface area contributed by atoms with Crippen molar-refractivity contribution in [3.63, 3.8) is 0 Å². The van der Waals surface area contributed by atoms with Crippen LogP contribution in [-0.2, 0) is 21.2 Å². The number of benzene rings is 2. The number of carbonyl (C=O) groups excluding carboxylic acids is 1. The SMILES string of the molecule is CCC1CCN(C(=O)C(Cc2cc3c(N)nccc3s2)NS(=O)(=O)c2ccc3ccc(OC)cc3c2)CC1. The lowest BCUT2D eigenvalue weighted by molar-refractivity contribution is -0.134. The number of fused-ring (bicyclic) bond motifs is 2. The molecule has 5 rings (SSSR count). The number of carbonyl (C=O) groups is 1. The number of hydrogen-bond acceptors (Lipinski definition) is 7. The van der Waals surface area contributed by atoms with E-state index in [2.05, 4.69) is 16.6 Å².